The lowest BCUT2D eigenvalue weighted by Gasteiger charge is -2.34. The van der Waals surface area contributed by atoms with Gasteiger partial charge in [0, 0.05) is 5.56 Å². The number of amides is 5. The number of carbonyl (C=O) groups excluding carboxylic acids is 4. The molecule has 40 heavy (non-hydrogen) atoms. The largest absolute Gasteiger partial charge is 0.483 e. The standard InChI is InChI=1S/C31H22ClN3O5/c32-25-16-8-9-17-26(25)33-28(36)20-40-27-18-10-7-11-21(27)19-24-29(37)34(22-12-3-1-4-13-22)31(39)35(30(24)38)23-14-5-2-6-15-23/h1-19H,20H2,(H,33,36). The van der Waals surface area contributed by atoms with Crippen LogP contribution in [-0.2, 0) is 14.4 Å². The molecule has 1 aliphatic heterocycles. The van der Waals surface area contributed by atoms with E-state index in [4.69, 9.17) is 16.3 Å². The molecule has 9 heteroatoms. The van der Waals surface area contributed by atoms with Crippen molar-refractivity contribution in [3.8, 4) is 5.75 Å². The van der Waals surface area contributed by atoms with Gasteiger partial charge in [0.1, 0.15) is 11.3 Å². The van der Waals surface area contributed by atoms with E-state index >= 15 is 0 Å². The molecule has 1 heterocycles. The Bertz CT molecular complexity index is 1560. The number of anilines is 3. The van der Waals surface area contributed by atoms with Gasteiger partial charge >= 0.3 is 6.03 Å². The number of carbonyl (C=O) groups is 4. The van der Waals surface area contributed by atoms with Crippen LogP contribution in [0.2, 0.25) is 5.02 Å². The van der Waals surface area contributed by atoms with Crippen LogP contribution < -0.4 is 19.9 Å². The number of benzene rings is 4. The molecule has 0 saturated carbocycles. The number of halogens is 1. The van der Waals surface area contributed by atoms with Gasteiger partial charge in [-0.1, -0.05) is 78.3 Å². The maximum atomic E-state index is 13.6. The van der Waals surface area contributed by atoms with Gasteiger partial charge in [-0.05, 0) is 48.5 Å². The fraction of sp³-hybridized carbons (Fsp3) is 0.0323. The first-order chi connectivity index (χ1) is 19.4. The minimum Gasteiger partial charge on any atom is -0.483 e. The molecule has 1 saturated heterocycles. The lowest BCUT2D eigenvalue weighted by Crippen LogP contribution is -2.57. The van der Waals surface area contributed by atoms with E-state index in [-0.39, 0.29) is 17.9 Å². The van der Waals surface area contributed by atoms with Crippen molar-refractivity contribution in [3.05, 3.63) is 125 Å². The van der Waals surface area contributed by atoms with Crippen molar-refractivity contribution in [2.45, 2.75) is 0 Å². The van der Waals surface area contributed by atoms with Crippen LogP contribution >= 0.6 is 11.6 Å². The van der Waals surface area contributed by atoms with E-state index in [2.05, 4.69) is 5.32 Å². The molecule has 1 N–H and O–H groups in total. The number of ether oxygens (including phenoxy) is 1. The Kier molecular flexibility index (Phi) is 7.70. The zero-order chi connectivity index (χ0) is 28.1. The molecular formula is C31H22ClN3O5. The van der Waals surface area contributed by atoms with Crippen LogP contribution in [0.5, 0.6) is 5.75 Å². The van der Waals surface area contributed by atoms with Crippen molar-refractivity contribution >= 4 is 58.5 Å². The molecule has 4 aromatic carbocycles. The molecule has 8 nitrogen and oxygen atoms in total. The highest BCUT2D eigenvalue weighted by Crippen LogP contribution is 2.31. The molecule has 0 aromatic heterocycles. The van der Waals surface area contributed by atoms with Crippen LogP contribution in [0.1, 0.15) is 5.56 Å². The molecule has 5 amide bonds. The Labute approximate surface area is 235 Å². The second-order valence-corrected chi connectivity index (χ2v) is 9.05. The van der Waals surface area contributed by atoms with E-state index < -0.39 is 23.8 Å². The fourth-order valence-electron chi connectivity index (χ4n) is 4.12. The zero-order valence-electron chi connectivity index (χ0n) is 21.0. The van der Waals surface area contributed by atoms with E-state index in [1.165, 1.54) is 6.08 Å². The first-order valence-electron chi connectivity index (χ1n) is 12.2. The van der Waals surface area contributed by atoms with Gasteiger partial charge in [-0.25, -0.2) is 14.6 Å². The summed E-state index contributed by atoms with van der Waals surface area (Å²) < 4.78 is 5.75. The van der Waals surface area contributed by atoms with Crippen LogP contribution in [-0.4, -0.2) is 30.4 Å². The summed E-state index contributed by atoms with van der Waals surface area (Å²) in [6.45, 7) is -0.349. The first kappa shape index (κ1) is 26.4. The molecule has 1 aliphatic rings. The first-order valence-corrected chi connectivity index (χ1v) is 12.6. The van der Waals surface area contributed by atoms with E-state index in [0.29, 0.717) is 27.6 Å². The Morgan fingerprint density at radius 1 is 0.725 bits per heavy atom. The summed E-state index contributed by atoms with van der Waals surface area (Å²) in [7, 11) is 0. The molecule has 0 spiro atoms. The Morgan fingerprint density at radius 3 is 1.85 bits per heavy atom. The number of urea groups is 1. The van der Waals surface area contributed by atoms with Crippen molar-refractivity contribution in [1.29, 1.82) is 0 Å². The van der Waals surface area contributed by atoms with Crippen molar-refractivity contribution in [2.75, 3.05) is 21.7 Å². The third kappa shape index (κ3) is 5.48. The van der Waals surface area contributed by atoms with Crippen molar-refractivity contribution < 1.29 is 23.9 Å². The number of hydrogen-bond acceptors (Lipinski definition) is 5. The van der Waals surface area contributed by atoms with Gasteiger partial charge in [-0.2, -0.15) is 0 Å². The monoisotopic (exact) mass is 551 g/mol. The second-order valence-electron chi connectivity index (χ2n) is 8.65. The topological polar surface area (TPSA) is 96.0 Å². The average Bonchev–Trinajstić information content (AvgIpc) is 2.97. The molecule has 0 aliphatic carbocycles. The molecule has 0 radical (unpaired) electrons. The van der Waals surface area contributed by atoms with Crippen LogP contribution in [0.15, 0.2) is 115 Å². The summed E-state index contributed by atoms with van der Waals surface area (Å²) in [6, 6.07) is 29.4. The summed E-state index contributed by atoms with van der Waals surface area (Å²) in [6.07, 6.45) is 1.37. The normalized spacial score (nSPS) is 13.3. The van der Waals surface area contributed by atoms with Crippen LogP contribution in [0.4, 0.5) is 21.9 Å². The lowest BCUT2D eigenvalue weighted by molar-refractivity contribution is -0.121. The van der Waals surface area contributed by atoms with Crippen molar-refractivity contribution in [1.82, 2.24) is 0 Å². The number of rotatable bonds is 7. The highest BCUT2D eigenvalue weighted by Gasteiger charge is 2.43. The number of para-hydroxylation sites is 4. The maximum absolute atomic E-state index is 13.6. The average molecular weight is 552 g/mol. The zero-order valence-corrected chi connectivity index (χ0v) is 21.7. The molecule has 198 valence electrons. The number of hydrogen-bond donors (Lipinski definition) is 1. The minimum absolute atomic E-state index is 0.246. The highest BCUT2D eigenvalue weighted by atomic mass is 35.5. The van der Waals surface area contributed by atoms with E-state index in [0.717, 1.165) is 9.80 Å². The fourth-order valence-corrected chi connectivity index (χ4v) is 4.30. The van der Waals surface area contributed by atoms with Gasteiger partial charge in [0.2, 0.25) is 0 Å². The van der Waals surface area contributed by atoms with Gasteiger partial charge in [-0.15, -0.1) is 0 Å². The van der Waals surface area contributed by atoms with Crippen LogP contribution in [0, 0.1) is 0 Å². The highest BCUT2D eigenvalue weighted by molar-refractivity contribution is 6.46. The Balaban J connectivity index is 1.47. The molecule has 4 aromatic rings. The number of imide groups is 2. The number of nitrogens with one attached hydrogen (secondary N) is 1. The van der Waals surface area contributed by atoms with Crippen molar-refractivity contribution in [2.24, 2.45) is 0 Å². The van der Waals surface area contributed by atoms with Gasteiger partial charge < -0.3 is 10.1 Å². The molecule has 0 bridgehead atoms. The summed E-state index contributed by atoms with van der Waals surface area (Å²) in [5.74, 6) is -1.74. The summed E-state index contributed by atoms with van der Waals surface area (Å²) >= 11 is 6.11. The summed E-state index contributed by atoms with van der Waals surface area (Å²) in [4.78, 5) is 55.1. The molecular weight excluding hydrogens is 530 g/mol. The second kappa shape index (κ2) is 11.7. The molecule has 0 atom stereocenters. The predicted molar refractivity (Wildman–Crippen MR) is 153 cm³/mol. The van der Waals surface area contributed by atoms with Crippen LogP contribution in [0.3, 0.4) is 0 Å². The quantitative estimate of drug-likeness (QED) is 0.226. The number of barbiturate groups is 1. The Hall–Kier alpha value is -5.21. The Morgan fingerprint density at radius 2 is 1.25 bits per heavy atom. The van der Waals surface area contributed by atoms with Gasteiger partial charge in [-0.3, -0.25) is 14.4 Å². The third-order valence-corrected chi connectivity index (χ3v) is 6.33. The SMILES string of the molecule is O=C(COc1ccccc1C=C1C(=O)N(c2ccccc2)C(=O)N(c2ccccc2)C1=O)Nc1ccccc1Cl. The predicted octanol–water partition coefficient (Wildman–Crippen LogP) is 5.94. The van der Waals surface area contributed by atoms with Gasteiger partial charge in [0.25, 0.3) is 17.7 Å². The molecule has 1 fully saturated rings. The van der Waals surface area contributed by atoms with Crippen LogP contribution in [0.25, 0.3) is 6.08 Å². The molecule has 0 unspecified atom stereocenters. The summed E-state index contributed by atoms with van der Waals surface area (Å²) in [5, 5.41) is 3.06. The van der Waals surface area contributed by atoms with Gasteiger partial charge in [0.15, 0.2) is 6.61 Å². The third-order valence-electron chi connectivity index (χ3n) is 6.00. The lowest BCUT2D eigenvalue weighted by atomic mass is 10.0. The maximum Gasteiger partial charge on any atom is 0.343 e. The summed E-state index contributed by atoms with van der Waals surface area (Å²) in [5.41, 5.74) is 1.21. The van der Waals surface area contributed by atoms with E-state index in [9.17, 15) is 19.2 Å². The smallest absolute Gasteiger partial charge is 0.343 e. The van der Waals surface area contributed by atoms with Gasteiger partial charge in [0.05, 0.1) is 22.1 Å². The number of nitrogens with zero attached hydrogens (tertiary/aromatic N) is 2. The molecule has 5 rings (SSSR count). The minimum atomic E-state index is -0.787. The van der Waals surface area contributed by atoms with Crippen molar-refractivity contribution in [3.63, 3.8) is 0 Å². The van der Waals surface area contributed by atoms with E-state index in [1.54, 1.807) is 109 Å². The van der Waals surface area contributed by atoms with E-state index in [1.807, 2.05) is 0 Å².